The highest BCUT2D eigenvalue weighted by Gasteiger charge is 2.02. The molecule has 1 heterocycles. The number of nitrogens with zero attached hydrogens (tertiary/aromatic N) is 3. The van der Waals surface area contributed by atoms with Gasteiger partial charge in [0.25, 0.3) is 0 Å². The Hall–Kier alpha value is -1.50. The van der Waals surface area contributed by atoms with Gasteiger partial charge in [0.2, 0.25) is 0 Å². The smallest absolute Gasteiger partial charge is 0.102 e. The molecule has 0 spiro atoms. The van der Waals surface area contributed by atoms with E-state index in [1.165, 1.54) is 6.20 Å². The summed E-state index contributed by atoms with van der Waals surface area (Å²) in [5.41, 5.74) is 1.22. The third-order valence-corrected chi connectivity index (χ3v) is 2.26. The molecular formula is C10H5Cl2N3. The van der Waals surface area contributed by atoms with E-state index in [1.54, 1.807) is 29.1 Å². The zero-order valence-electron chi connectivity index (χ0n) is 7.48. The van der Waals surface area contributed by atoms with Gasteiger partial charge in [-0.3, -0.25) is 0 Å². The van der Waals surface area contributed by atoms with Gasteiger partial charge in [-0.1, -0.05) is 23.2 Å². The monoisotopic (exact) mass is 237 g/mol. The summed E-state index contributed by atoms with van der Waals surface area (Å²) in [7, 11) is 0. The first kappa shape index (κ1) is 10.0. The van der Waals surface area contributed by atoms with E-state index < -0.39 is 0 Å². The normalized spacial score (nSPS) is 9.93. The van der Waals surface area contributed by atoms with Crippen LogP contribution in [0.4, 0.5) is 0 Å². The van der Waals surface area contributed by atoms with Crippen LogP contribution < -0.4 is 0 Å². The fourth-order valence-electron chi connectivity index (χ4n) is 1.19. The van der Waals surface area contributed by atoms with Crippen LogP contribution in [0, 0.1) is 11.3 Å². The van der Waals surface area contributed by atoms with E-state index in [0.717, 1.165) is 5.69 Å². The van der Waals surface area contributed by atoms with Gasteiger partial charge in [0.1, 0.15) is 6.07 Å². The van der Waals surface area contributed by atoms with E-state index in [-0.39, 0.29) is 0 Å². The van der Waals surface area contributed by atoms with Gasteiger partial charge in [0.05, 0.1) is 17.4 Å². The molecule has 2 aromatic rings. The molecule has 1 aromatic heterocycles. The number of rotatable bonds is 1. The minimum atomic E-state index is 0.492. The Morgan fingerprint density at radius 3 is 2.40 bits per heavy atom. The average Bonchev–Trinajstić information content (AvgIpc) is 2.64. The third kappa shape index (κ3) is 2.12. The van der Waals surface area contributed by atoms with Gasteiger partial charge >= 0.3 is 0 Å². The second-order valence-corrected chi connectivity index (χ2v) is 3.79. The van der Waals surface area contributed by atoms with E-state index in [1.807, 2.05) is 6.07 Å². The fraction of sp³-hybridized carbons (Fsp3) is 0. The average molecular weight is 238 g/mol. The first-order valence-corrected chi connectivity index (χ1v) is 4.86. The van der Waals surface area contributed by atoms with Crippen LogP contribution in [0.1, 0.15) is 5.56 Å². The molecule has 0 unspecified atom stereocenters. The summed E-state index contributed by atoms with van der Waals surface area (Å²) in [6, 6.07) is 7.08. The SMILES string of the molecule is N#Cc1cnn(-c2cc(Cl)cc(Cl)c2)c1. The molecule has 0 bridgehead atoms. The lowest BCUT2D eigenvalue weighted by Gasteiger charge is -2.02. The van der Waals surface area contributed by atoms with E-state index in [4.69, 9.17) is 28.5 Å². The minimum Gasteiger partial charge on any atom is -0.240 e. The number of benzene rings is 1. The van der Waals surface area contributed by atoms with Gasteiger partial charge in [-0.15, -0.1) is 0 Å². The van der Waals surface area contributed by atoms with Crippen LogP contribution >= 0.6 is 23.2 Å². The molecule has 0 amide bonds. The molecule has 5 heteroatoms. The number of hydrogen-bond acceptors (Lipinski definition) is 2. The van der Waals surface area contributed by atoms with Crippen LogP contribution in [0.3, 0.4) is 0 Å². The molecule has 1 aromatic carbocycles. The largest absolute Gasteiger partial charge is 0.240 e. The van der Waals surface area contributed by atoms with Crippen molar-refractivity contribution in [1.29, 1.82) is 5.26 Å². The first-order valence-electron chi connectivity index (χ1n) is 4.10. The zero-order chi connectivity index (χ0) is 10.8. The highest BCUT2D eigenvalue weighted by atomic mass is 35.5. The van der Waals surface area contributed by atoms with Gasteiger partial charge < -0.3 is 0 Å². The molecule has 15 heavy (non-hydrogen) atoms. The molecule has 0 aliphatic rings. The molecule has 0 atom stereocenters. The summed E-state index contributed by atoms with van der Waals surface area (Å²) < 4.78 is 1.55. The summed E-state index contributed by atoms with van der Waals surface area (Å²) in [4.78, 5) is 0. The Morgan fingerprint density at radius 2 is 1.87 bits per heavy atom. The molecule has 0 saturated heterocycles. The van der Waals surface area contributed by atoms with Crippen molar-refractivity contribution >= 4 is 23.2 Å². The molecule has 0 N–H and O–H groups in total. The number of halogens is 2. The molecule has 2 rings (SSSR count). The van der Waals surface area contributed by atoms with Crippen LogP contribution in [-0.2, 0) is 0 Å². The summed E-state index contributed by atoms with van der Waals surface area (Å²) in [5.74, 6) is 0. The fourth-order valence-corrected chi connectivity index (χ4v) is 1.71. The van der Waals surface area contributed by atoms with Crippen molar-refractivity contribution in [3.8, 4) is 11.8 Å². The summed E-state index contributed by atoms with van der Waals surface area (Å²) in [5, 5.41) is 13.7. The standard InChI is InChI=1S/C10H5Cl2N3/c11-8-1-9(12)3-10(2-8)15-6-7(4-13)5-14-15/h1-3,5-6H. The lowest BCUT2D eigenvalue weighted by Crippen LogP contribution is -1.93. The van der Waals surface area contributed by atoms with E-state index >= 15 is 0 Å². The van der Waals surface area contributed by atoms with Gasteiger partial charge in [0, 0.05) is 16.2 Å². The maximum Gasteiger partial charge on any atom is 0.102 e. The van der Waals surface area contributed by atoms with Gasteiger partial charge in [-0.2, -0.15) is 10.4 Å². The van der Waals surface area contributed by atoms with E-state index in [9.17, 15) is 0 Å². The maximum atomic E-state index is 8.65. The lowest BCUT2D eigenvalue weighted by molar-refractivity contribution is 0.880. The van der Waals surface area contributed by atoms with Gasteiger partial charge in [-0.05, 0) is 18.2 Å². The molecular weight excluding hydrogens is 233 g/mol. The van der Waals surface area contributed by atoms with Crippen molar-refractivity contribution in [2.24, 2.45) is 0 Å². The van der Waals surface area contributed by atoms with E-state index in [2.05, 4.69) is 5.10 Å². The highest BCUT2D eigenvalue weighted by Crippen LogP contribution is 2.21. The van der Waals surface area contributed by atoms with Crippen molar-refractivity contribution in [2.45, 2.75) is 0 Å². The Labute approximate surface area is 96.5 Å². The van der Waals surface area contributed by atoms with Crippen LogP contribution in [0.2, 0.25) is 10.0 Å². The first-order chi connectivity index (χ1) is 7.19. The van der Waals surface area contributed by atoms with Crippen molar-refractivity contribution in [1.82, 2.24) is 9.78 Å². The van der Waals surface area contributed by atoms with Crippen molar-refractivity contribution in [3.05, 3.63) is 46.2 Å². The predicted octanol–water partition coefficient (Wildman–Crippen LogP) is 3.05. The number of aromatic nitrogens is 2. The van der Waals surface area contributed by atoms with Gasteiger partial charge in [-0.25, -0.2) is 4.68 Å². The predicted molar refractivity (Wildman–Crippen MR) is 58.3 cm³/mol. The van der Waals surface area contributed by atoms with Crippen molar-refractivity contribution in [2.75, 3.05) is 0 Å². The van der Waals surface area contributed by atoms with Crippen molar-refractivity contribution < 1.29 is 0 Å². The second kappa shape index (κ2) is 3.93. The highest BCUT2D eigenvalue weighted by molar-refractivity contribution is 6.34. The molecule has 0 saturated carbocycles. The minimum absolute atomic E-state index is 0.492. The zero-order valence-corrected chi connectivity index (χ0v) is 9.00. The van der Waals surface area contributed by atoms with Crippen LogP contribution in [0.5, 0.6) is 0 Å². The molecule has 0 aliphatic heterocycles. The van der Waals surface area contributed by atoms with Gasteiger partial charge in [0.15, 0.2) is 0 Å². The third-order valence-electron chi connectivity index (χ3n) is 1.82. The molecule has 3 nitrogen and oxygen atoms in total. The molecule has 0 aliphatic carbocycles. The number of nitriles is 1. The Kier molecular flexibility index (Phi) is 2.63. The topological polar surface area (TPSA) is 41.6 Å². The van der Waals surface area contributed by atoms with E-state index in [0.29, 0.717) is 15.6 Å². The molecule has 0 fully saturated rings. The molecule has 0 radical (unpaired) electrons. The number of hydrogen-bond donors (Lipinski definition) is 0. The van der Waals surface area contributed by atoms with Crippen LogP contribution in [-0.4, -0.2) is 9.78 Å². The Balaban J connectivity index is 2.50. The lowest BCUT2D eigenvalue weighted by atomic mass is 10.3. The van der Waals surface area contributed by atoms with Crippen molar-refractivity contribution in [3.63, 3.8) is 0 Å². The summed E-state index contributed by atoms with van der Waals surface area (Å²) in [6.07, 6.45) is 3.09. The summed E-state index contributed by atoms with van der Waals surface area (Å²) in [6.45, 7) is 0. The Morgan fingerprint density at radius 1 is 1.20 bits per heavy atom. The Bertz CT molecular complexity index is 520. The second-order valence-electron chi connectivity index (χ2n) is 2.91. The molecule has 74 valence electrons. The summed E-state index contributed by atoms with van der Waals surface area (Å²) >= 11 is 11.7. The van der Waals surface area contributed by atoms with Crippen LogP contribution in [0.15, 0.2) is 30.6 Å². The maximum absolute atomic E-state index is 8.65. The van der Waals surface area contributed by atoms with Crippen LogP contribution in [0.25, 0.3) is 5.69 Å². The quantitative estimate of drug-likeness (QED) is 0.766.